The van der Waals surface area contributed by atoms with Gasteiger partial charge in [0.1, 0.15) is 5.75 Å². The first-order chi connectivity index (χ1) is 14.3. The van der Waals surface area contributed by atoms with Gasteiger partial charge in [-0.15, -0.1) is 0 Å². The van der Waals surface area contributed by atoms with Gasteiger partial charge in [-0.3, -0.25) is 9.78 Å². The van der Waals surface area contributed by atoms with E-state index in [-0.39, 0.29) is 12.0 Å². The Morgan fingerprint density at radius 2 is 2.00 bits per heavy atom. The SMILES string of the molecule is O=C(c1ccc(Oc2ccccc2)nc1)N(Cc1cccnc1)CC1CCCO1. The highest BCUT2D eigenvalue weighted by Crippen LogP contribution is 2.20. The molecule has 29 heavy (non-hydrogen) atoms. The molecule has 1 atom stereocenters. The third-order valence-electron chi connectivity index (χ3n) is 4.78. The second-order valence-electron chi connectivity index (χ2n) is 6.98. The second-order valence-corrected chi connectivity index (χ2v) is 6.98. The van der Waals surface area contributed by atoms with E-state index in [0.717, 1.165) is 25.0 Å². The Labute approximate surface area is 170 Å². The van der Waals surface area contributed by atoms with E-state index in [1.807, 2.05) is 47.4 Å². The van der Waals surface area contributed by atoms with E-state index in [0.29, 0.717) is 30.3 Å². The lowest BCUT2D eigenvalue weighted by atomic mass is 10.1. The summed E-state index contributed by atoms with van der Waals surface area (Å²) in [6.07, 6.45) is 7.15. The standard InChI is InChI=1S/C23H23N3O3/c27-23(19-10-11-22(25-15-19)29-20-7-2-1-3-8-20)26(17-21-9-5-13-28-21)16-18-6-4-12-24-14-18/h1-4,6-8,10-12,14-15,21H,5,9,13,16-17H2. The highest BCUT2D eigenvalue weighted by atomic mass is 16.5. The van der Waals surface area contributed by atoms with Crippen molar-refractivity contribution in [3.63, 3.8) is 0 Å². The Morgan fingerprint density at radius 3 is 2.69 bits per heavy atom. The number of benzene rings is 1. The number of hydrogen-bond donors (Lipinski definition) is 0. The van der Waals surface area contributed by atoms with Crippen molar-refractivity contribution in [2.45, 2.75) is 25.5 Å². The number of ether oxygens (including phenoxy) is 2. The summed E-state index contributed by atoms with van der Waals surface area (Å²) < 4.78 is 11.5. The molecule has 1 fully saturated rings. The summed E-state index contributed by atoms with van der Waals surface area (Å²) in [6, 6.07) is 16.7. The maximum absolute atomic E-state index is 13.2. The van der Waals surface area contributed by atoms with Crippen LogP contribution in [-0.4, -0.2) is 40.0 Å². The van der Waals surface area contributed by atoms with Gasteiger partial charge in [-0.1, -0.05) is 24.3 Å². The Hall–Kier alpha value is -3.25. The zero-order valence-corrected chi connectivity index (χ0v) is 16.1. The largest absolute Gasteiger partial charge is 0.439 e. The molecule has 1 aliphatic heterocycles. The van der Waals surface area contributed by atoms with Crippen molar-refractivity contribution in [3.05, 3.63) is 84.3 Å². The van der Waals surface area contributed by atoms with E-state index in [9.17, 15) is 4.79 Å². The second kappa shape index (κ2) is 9.30. The van der Waals surface area contributed by atoms with Crippen molar-refractivity contribution in [2.75, 3.05) is 13.2 Å². The van der Waals surface area contributed by atoms with Crippen LogP contribution in [0.5, 0.6) is 11.6 Å². The van der Waals surface area contributed by atoms with Gasteiger partial charge in [0, 0.05) is 44.4 Å². The minimum Gasteiger partial charge on any atom is -0.439 e. The highest BCUT2D eigenvalue weighted by Gasteiger charge is 2.24. The van der Waals surface area contributed by atoms with Gasteiger partial charge >= 0.3 is 0 Å². The zero-order valence-electron chi connectivity index (χ0n) is 16.1. The van der Waals surface area contributed by atoms with Crippen LogP contribution in [-0.2, 0) is 11.3 Å². The predicted octanol–water partition coefficient (Wildman–Crippen LogP) is 4.09. The molecule has 3 aromatic rings. The van der Waals surface area contributed by atoms with Gasteiger partial charge in [0.2, 0.25) is 5.88 Å². The zero-order chi connectivity index (χ0) is 19.9. The van der Waals surface area contributed by atoms with E-state index in [4.69, 9.17) is 9.47 Å². The molecule has 148 valence electrons. The molecular formula is C23H23N3O3. The molecule has 1 saturated heterocycles. The van der Waals surface area contributed by atoms with Crippen LogP contribution < -0.4 is 4.74 Å². The smallest absolute Gasteiger partial charge is 0.255 e. The number of nitrogens with zero attached hydrogens (tertiary/aromatic N) is 3. The maximum Gasteiger partial charge on any atom is 0.255 e. The summed E-state index contributed by atoms with van der Waals surface area (Å²) in [6.45, 7) is 1.79. The minimum atomic E-state index is -0.0804. The summed E-state index contributed by atoms with van der Waals surface area (Å²) in [7, 11) is 0. The van der Waals surface area contributed by atoms with Crippen LogP contribution in [0.1, 0.15) is 28.8 Å². The summed E-state index contributed by atoms with van der Waals surface area (Å²) >= 11 is 0. The average Bonchev–Trinajstić information content (AvgIpc) is 3.28. The van der Waals surface area contributed by atoms with Gasteiger partial charge in [-0.25, -0.2) is 4.98 Å². The fourth-order valence-electron chi connectivity index (χ4n) is 3.32. The Kier molecular flexibility index (Phi) is 6.12. The van der Waals surface area contributed by atoms with E-state index in [1.54, 1.807) is 30.7 Å². The summed E-state index contributed by atoms with van der Waals surface area (Å²) in [5.74, 6) is 1.07. The summed E-state index contributed by atoms with van der Waals surface area (Å²) in [5.41, 5.74) is 1.50. The minimum absolute atomic E-state index is 0.0734. The number of carbonyl (C=O) groups excluding carboxylic acids is 1. The van der Waals surface area contributed by atoms with Crippen molar-refractivity contribution < 1.29 is 14.3 Å². The van der Waals surface area contributed by atoms with Gasteiger partial charge in [0.15, 0.2) is 0 Å². The number of para-hydroxylation sites is 1. The Balaban J connectivity index is 1.48. The van der Waals surface area contributed by atoms with Crippen LogP contribution in [0.4, 0.5) is 0 Å². The molecule has 0 spiro atoms. The van der Waals surface area contributed by atoms with Crippen LogP contribution in [0.15, 0.2) is 73.2 Å². The van der Waals surface area contributed by atoms with E-state index >= 15 is 0 Å². The number of pyridine rings is 2. The fraction of sp³-hybridized carbons (Fsp3) is 0.261. The number of hydrogen-bond acceptors (Lipinski definition) is 5. The van der Waals surface area contributed by atoms with Gasteiger partial charge in [-0.2, -0.15) is 0 Å². The molecule has 2 aromatic heterocycles. The van der Waals surface area contributed by atoms with Crippen molar-refractivity contribution in [1.82, 2.24) is 14.9 Å². The predicted molar refractivity (Wildman–Crippen MR) is 109 cm³/mol. The molecule has 0 aliphatic carbocycles. The first-order valence-electron chi connectivity index (χ1n) is 9.77. The van der Waals surface area contributed by atoms with Crippen LogP contribution in [0.3, 0.4) is 0 Å². The van der Waals surface area contributed by atoms with E-state index in [1.165, 1.54) is 0 Å². The van der Waals surface area contributed by atoms with Crippen LogP contribution in [0.25, 0.3) is 0 Å². The number of amides is 1. The summed E-state index contributed by atoms with van der Waals surface area (Å²) in [5, 5.41) is 0. The molecule has 6 heteroatoms. The quantitative estimate of drug-likeness (QED) is 0.609. The highest BCUT2D eigenvalue weighted by molar-refractivity contribution is 5.94. The molecular weight excluding hydrogens is 366 g/mol. The van der Waals surface area contributed by atoms with Crippen LogP contribution in [0.2, 0.25) is 0 Å². The van der Waals surface area contributed by atoms with Gasteiger partial charge in [0.05, 0.1) is 11.7 Å². The number of carbonyl (C=O) groups is 1. The fourth-order valence-corrected chi connectivity index (χ4v) is 3.32. The van der Waals surface area contributed by atoms with Gasteiger partial charge in [-0.05, 0) is 42.7 Å². The third-order valence-corrected chi connectivity index (χ3v) is 4.78. The Morgan fingerprint density at radius 1 is 1.10 bits per heavy atom. The van der Waals surface area contributed by atoms with Crippen LogP contribution >= 0.6 is 0 Å². The van der Waals surface area contributed by atoms with Crippen molar-refractivity contribution in [2.24, 2.45) is 0 Å². The molecule has 1 aromatic carbocycles. The summed E-state index contributed by atoms with van der Waals surface area (Å²) in [4.78, 5) is 23.4. The normalized spacial score (nSPS) is 15.8. The number of aromatic nitrogens is 2. The van der Waals surface area contributed by atoms with Crippen molar-refractivity contribution in [3.8, 4) is 11.6 Å². The lowest BCUT2D eigenvalue weighted by Crippen LogP contribution is -2.37. The lowest BCUT2D eigenvalue weighted by molar-refractivity contribution is 0.0506. The average molecular weight is 389 g/mol. The van der Waals surface area contributed by atoms with E-state index in [2.05, 4.69) is 9.97 Å². The van der Waals surface area contributed by atoms with Gasteiger partial charge < -0.3 is 14.4 Å². The van der Waals surface area contributed by atoms with E-state index < -0.39 is 0 Å². The molecule has 0 bridgehead atoms. The van der Waals surface area contributed by atoms with Crippen molar-refractivity contribution in [1.29, 1.82) is 0 Å². The Bertz CT molecular complexity index is 911. The molecule has 0 N–H and O–H groups in total. The monoisotopic (exact) mass is 389 g/mol. The first-order valence-corrected chi connectivity index (χ1v) is 9.77. The maximum atomic E-state index is 13.2. The topological polar surface area (TPSA) is 64.5 Å². The molecule has 1 unspecified atom stereocenters. The molecule has 1 aliphatic rings. The molecule has 0 saturated carbocycles. The van der Waals surface area contributed by atoms with Gasteiger partial charge in [0.25, 0.3) is 5.91 Å². The first kappa shape index (κ1) is 19.1. The molecule has 3 heterocycles. The third kappa shape index (κ3) is 5.18. The van der Waals surface area contributed by atoms with Crippen molar-refractivity contribution >= 4 is 5.91 Å². The molecule has 6 nitrogen and oxygen atoms in total. The molecule has 0 radical (unpaired) electrons. The molecule has 4 rings (SSSR count). The lowest BCUT2D eigenvalue weighted by Gasteiger charge is -2.25. The number of rotatable bonds is 7. The molecule has 1 amide bonds. The van der Waals surface area contributed by atoms with Crippen LogP contribution in [0, 0.1) is 0 Å².